The lowest BCUT2D eigenvalue weighted by Gasteiger charge is -1.96. The van der Waals surface area contributed by atoms with Crippen LogP contribution in [-0.4, -0.2) is 0 Å². The zero-order chi connectivity index (χ0) is 8.27. The molecule has 0 radical (unpaired) electrons. The molecule has 0 heterocycles. The fraction of sp³-hybridized carbons (Fsp3) is 0. The van der Waals surface area contributed by atoms with E-state index in [1.54, 1.807) is 24.3 Å². The molecule has 2 nitrogen and oxygen atoms in total. The average molecular weight is 144 g/mol. The van der Waals surface area contributed by atoms with Gasteiger partial charge in [0, 0.05) is 5.69 Å². The van der Waals surface area contributed by atoms with Crippen molar-refractivity contribution in [1.82, 2.24) is 0 Å². The lowest BCUT2D eigenvalue weighted by molar-refractivity contribution is 1.52. The first-order valence-electron chi connectivity index (χ1n) is 3.19. The SMILES string of the molecule is C=C(C#N)c1ccc(N)cc1. The number of allylic oxidation sites excluding steroid dienone is 1. The summed E-state index contributed by atoms with van der Waals surface area (Å²) in [5.74, 6) is 0. The second-order valence-corrected chi connectivity index (χ2v) is 2.21. The van der Waals surface area contributed by atoms with Crippen molar-refractivity contribution in [3.05, 3.63) is 36.4 Å². The lowest BCUT2D eigenvalue weighted by atomic mass is 10.1. The van der Waals surface area contributed by atoms with Crippen LogP contribution in [0.5, 0.6) is 0 Å². The van der Waals surface area contributed by atoms with Gasteiger partial charge in [0.15, 0.2) is 0 Å². The van der Waals surface area contributed by atoms with Crippen molar-refractivity contribution in [1.29, 1.82) is 5.26 Å². The van der Waals surface area contributed by atoms with Crippen molar-refractivity contribution in [3.63, 3.8) is 0 Å². The molecule has 0 unspecified atom stereocenters. The third-order valence-corrected chi connectivity index (χ3v) is 1.39. The van der Waals surface area contributed by atoms with Crippen LogP contribution in [0.4, 0.5) is 5.69 Å². The summed E-state index contributed by atoms with van der Waals surface area (Å²) in [6.07, 6.45) is 0. The first-order chi connectivity index (χ1) is 5.24. The summed E-state index contributed by atoms with van der Waals surface area (Å²) in [6, 6.07) is 9.02. The summed E-state index contributed by atoms with van der Waals surface area (Å²) in [5.41, 5.74) is 7.43. The van der Waals surface area contributed by atoms with Gasteiger partial charge in [-0.2, -0.15) is 5.26 Å². The molecule has 11 heavy (non-hydrogen) atoms. The van der Waals surface area contributed by atoms with Gasteiger partial charge in [0.05, 0.1) is 11.6 Å². The van der Waals surface area contributed by atoms with Crippen LogP contribution in [0.15, 0.2) is 30.8 Å². The number of anilines is 1. The monoisotopic (exact) mass is 144 g/mol. The Hall–Kier alpha value is -1.75. The predicted octanol–water partition coefficient (Wildman–Crippen LogP) is 1.81. The first kappa shape index (κ1) is 7.36. The van der Waals surface area contributed by atoms with Gasteiger partial charge in [-0.3, -0.25) is 0 Å². The van der Waals surface area contributed by atoms with Crippen LogP contribution in [0.25, 0.3) is 5.57 Å². The van der Waals surface area contributed by atoms with Crippen LogP contribution in [0.3, 0.4) is 0 Å². The quantitative estimate of drug-likeness (QED) is 0.482. The van der Waals surface area contributed by atoms with Crippen molar-refractivity contribution in [2.45, 2.75) is 0 Å². The molecule has 0 saturated carbocycles. The summed E-state index contributed by atoms with van der Waals surface area (Å²) in [7, 11) is 0. The molecule has 0 fully saturated rings. The molecule has 0 aliphatic carbocycles. The fourth-order valence-corrected chi connectivity index (χ4v) is 0.749. The molecule has 2 heteroatoms. The van der Waals surface area contributed by atoms with E-state index >= 15 is 0 Å². The van der Waals surface area contributed by atoms with Gasteiger partial charge in [0.1, 0.15) is 0 Å². The summed E-state index contributed by atoms with van der Waals surface area (Å²) < 4.78 is 0. The van der Waals surface area contributed by atoms with Crippen LogP contribution in [0.1, 0.15) is 5.56 Å². The Balaban J connectivity index is 3.01. The summed E-state index contributed by atoms with van der Waals surface area (Å²) >= 11 is 0. The van der Waals surface area contributed by atoms with Gasteiger partial charge >= 0.3 is 0 Å². The van der Waals surface area contributed by atoms with Crippen LogP contribution in [-0.2, 0) is 0 Å². The van der Waals surface area contributed by atoms with Crippen molar-refractivity contribution in [2.75, 3.05) is 5.73 Å². The van der Waals surface area contributed by atoms with E-state index in [4.69, 9.17) is 11.0 Å². The molecule has 0 amide bonds. The van der Waals surface area contributed by atoms with E-state index in [0.29, 0.717) is 11.3 Å². The number of hydrogen-bond donors (Lipinski definition) is 1. The smallest absolute Gasteiger partial charge is 0.0991 e. The van der Waals surface area contributed by atoms with Gasteiger partial charge in [-0.1, -0.05) is 18.7 Å². The molecule has 0 bridgehead atoms. The minimum absolute atomic E-state index is 0.463. The average Bonchev–Trinajstić information content (AvgIpc) is 2.05. The molecule has 2 N–H and O–H groups in total. The minimum Gasteiger partial charge on any atom is -0.399 e. The molecule has 1 aromatic rings. The van der Waals surface area contributed by atoms with Gasteiger partial charge in [0.2, 0.25) is 0 Å². The Bertz CT molecular complexity index is 303. The molecule has 0 saturated heterocycles. The van der Waals surface area contributed by atoms with Gasteiger partial charge in [-0.25, -0.2) is 0 Å². The molecule has 1 rings (SSSR count). The van der Waals surface area contributed by atoms with Crippen molar-refractivity contribution >= 4 is 11.3 Å². The lowest BCUT2D eigenvalue weighted by Crippen LogP contribution is -1.84. The fourth-order valence-electron chi connectivity index (χ4n) is 0.749. The second-order valence-electron chi connectivity index (χ2n) is 2.21. The molecule has 0 aromatic heterocycles. The van der Waals surface area contributed by atoms with E-state index in [0.717, 1.165) is 5.56 Å². The first-order valence-corrected chi connectivity index (χ1v) is 3.19. The molecule has 0 atom stereocenters. The molecule has 54 valence electrons. The van der Waals surface area contributed by atoms with Gasteiger partial charge < -0.3 is 5.73 Å². The number of nitrogens with two attached hydrogens (primary N) is 1. The van der Waals surface area contributed by atoms with Crippen molar-refractivity contribution in [3.8, 4) is 6.07 Å². The number of nitrogen functional groups attached to an aromatic ring is 1. The zero-order valence-corrected chi connectivity index (χ0v) is 6.04. The maximum Gasteiger partial charge on any atom is 0.0991 e. The highest BCUT2D eigenvalue weighted by atomic mass is 14.5. The Morgan fingerprint density at radius 3 is 2.36 bits per heavy atom. The third-order valence-electron chi connectivity index (χ3n) is 1.39. The summed E-state index contributed by atoms with van der Waals surface area (Å²) in [6.45, 7) is 3.57. The summed E-state index contributed by atoms with van der Waals surface area (Å²) in [5, 5.41) is 8.48. The second kappa shape index (κ2) is 2.89. The third kappa shape index (κ3) is 1.59. The minimum atomic E-state index is 0.463. The van der Waals surface area contributed by atoms with Crippen molar-refractivity contribution < 1.29 is 0 Å². The van der Waals surface area contributed by atoms with E-state index in [2.05, 4.69) is 6.58 Å². The van der Waals surface area contributed by atoms with Gasteiger partial charge in [0.25, 0.3) is 0 Å². The molecule has 0 aliphatic heterocycles. The maximum absolute atomic E-state index is 8.48. The van der Waals surface area contributed by atoms with E-state index in [1.807, 2.05) is 6.07 Å². The highest BCUT2D eigenvalue weighted by Crippen LogP contribution is 2.12. The Labute approximate surface area is 65.6 Å². The topological polar surface area (TPSA) is 49.8 Å². The van der Waals surface area contributed by atoms with Crippen LogP contribution in [0.2, 0.25) is 0 Å². The molecule has 0 spiro atoms. The Morgan fingerprint density at radius 1 is 1.36 bits per heavy atom. The molecule has 1 aromatic carbocycles. The van der Waals surface area contributed by atoms with Gasteiger partial charge in [-0.05, 0) is 17.7 Å². The highest BCUT2D eigenvalue weighted by Gasteiger charge is 1.94. The Morgan fingerprint density at radius 2 is 1.91 bits per heavy atom. The largest absolute Gasteiger partial charge is 0.399 e. The highest BCUT2D eigenvalue weighted by molar-refractivity contribution is 5.75. The molecule has 0 aliphatic rings. The van der Waals surface area contributed by atoms with E-state index < -0.39 is 0 Å². The molecular weight excluding hydrogens is 136 g/mol. The normalized spacial score (nSPS) is 8.64. The maximum atomic E-state index is 8.48. The number of nitriles is 1. The van der Waals surface area contributed by atoms with Crippen LogP contribution < -0.4 is 5.73 Å². The van der Waals surface area contributed by atoms with E-state index in [-0.39, 0.29) is 0 Å². The number of nitrogens with zero attached hydrogens (tertiary/aromatic N) is 1. The van der Waals surface area contributed by atoms with E-state index in [1.165, 1.54) is 0 Å². The zero-order valence-electron chi connectivity index (χ0n) is 6.04. The van der Waals surface area contributed by atoms with Crippen molar-refractivity contribution in [2.24, 2.45) is 0 Å². The number of rotatable bonds is 1. The number of hydrogen-bond acceptors (Lipinski definition) is 2. The van der Waals surface area contributed by atoms with Crippen LogP contribution in [0, 0.1) is 11.3 Å². The standard InChI is InChI=1S/C9H8N2/c1-7(6-10)8-2-4-9(11)5-3-8/h2-5H,1,11H2. The van der Waals surface area contributed by atoms with Gasteiger partial charge in [-0.15, -0.1) is 0 Å². The Kier molecular flexibility index (Phi) is 1.93. The van der Waals surface area contributed by atoms with E-state index in [9.17, 15) is 0 Å². The van der Waals surface area contributed by atoms with Crippen LogP contribution >= 0.6 is 0 Å². The predicted molar refractivity (Wildman–Crippen MR) is 45.5 cm³/mol. The molecular formula is C9H8N2. The number of benzene rings is 1. The summed E-state index contributed by atoms with van der Waals surface area (Å²) in [4.78, 5) is 0.